The molecule has 0 amide bonds. The lowest BCUT2D eigenvalue weighted by molar-refractivity contribution is 0.360. The average molecular weight is 293 g/mol. The molecule has 1 N–H and O–H groups in total. The number of rotatable bonds is 4. The Morgan fingerprint density at radius 3 is 2.71 bits per heavy atom. The van der Waals surface area contributed by atoms with Gasteiger partial charge in [0, 0.05) is 31.4 Å². The van der Waals surface area contributed by atoms with Gasteiger partial charge in [0.05, 0.1) is 0 Å². The predicted octanol–water partition coefficient (Wildman–Crippen LogP) is 2.95. The van der Waals surface area contributed by atoms with E-state index < -0.39 is 0 Å². The zero-order valence-corrected chi connectivity index (χ0v) is 13.7. The second-order valence-corrected chi connectivity index (χ2v) is 6.08. The molecule has 1 saturated heterocycles. The number of nitrogens with one attached hydrogen (secondary N) is 1. The molecule has 0 aromatic heterocycles. The lowest BCUT2D eigenvalue weighted by Gasteiger charge is -2.28. The monoisotopic (exact) mass is 293 g/mol. The van der Waals surface area contributed by atoms with Crippen LogP contribution in [0.4, 0.5) is 10.1 Å². The highest BCUT2D eigenvalue weighted by Gasteiger charge is 2.19. The van der Waals surface area contributed by atoms with Crippen LogP contribution in [0.15, 0.2) is 12.1 Å². The fourth-order valence-corrected chi connectivity index (χ4v) is 3.01. The Bertz CT molecular complexity index is 475. The van der Waals surface area contributed by atoms with Crippen LogP contribution in [0, 0.1) is 12.7 Å². The highest BCUT2D eigenvalue weighted by Crippen LogP contribution is 2.30. The van der Waals surface area contributed by atoms with E-state index >= 15 is 0 Å². The fraction of sp³-hybridized carbons (Fsp3) is 0.647. The van der Waals surface area contributed by atoms with Crippen LogP contribution in [-0.4, -0.2) is 44.7 Å². The summed E-state index contributed by atoms with van der Waals surface area (Å²) in [6.07, 6.45) is 1.15. The Labute approximate surface area is 128 Å². The summed E-state index contributed by atoms with van der Waals surface area (Å²) in [6.45, 7) is 11.2. The van der Waals surface area contributed by atoms with E-state index in [4.69, 9.17) is 0 Å². The van der Waals surface area contributed by atoms with E-state index in [0.717, 1.165) is 50.3 Å². The first kappa shape index (κ1) is 16.2. The van der Waals surface area contributed by atoms with Gasteiger partial charge in [-0.3, -0.25) is 0 Å². The molecular formula is C17H28FN3. The van der Waals surface area contributed by atoms with E-state index in [2.05, 4.69) is 36.0 Å². The van der Waals surface area contributed by atoms with E-state index in [9.17, 15) is 4.39 Å². The van der Waals surface area contributed by atoms with Crippen molar-refractivity contribution in [1.82, 2.24) is 10.2 Å². The van der Waals surface area contributed by atoms with Crippen LogP contribution in [0.25, 0.3) is 0 Å². The molecule has 3 nitrogen and oxygen atoms in total. The highest BCUT2D eigenvalue weighted by atomic mass is 19.1. The van der Waals surface area contributed by atoms with Crippen molar-refractivity contribution >= 4 is 5.69 Å². The van der Waals surface area contributed by atoms with Gasteiger partial charge in [-0.05, 0) is 63.7 Å². The maximum absolute atomic E-state index is 14.0. The summed E-state index contributed by atoms with van der Waals surface area (Å²) < 4.78 is 14.0. The third-order valence-electron chi connectivity index (χ3n) is 4.34. The summed E-state index contributed by atoms with van der Waals surface area (Å²) in [5.41, 5.74) is 3.00. The van der Waals surface area contributed by atoms with E-state index in [1.54, 1.807) is 6.07 Å². The second kappa shape index (κ2) is 7.23. The smallest absolute Gasteiger partial charge is 0.126 e. The molecule has 1 aliphatic heterocycles. The highest BCUT2D eigenvalue weighted by molar-refractivity contribution is 5.57. The van der Waals surface area contributed by atoms with Crippen LogP contribution in [0.1, 0.15) is 37.4 Å². The molecular weight excluding hydrogens is 265 g/mol. The molecule has 1 heterocycles. The van der Waals surface area contributed by atoms with Gasteiger partial charge in [-0.1, -0.05) is 6.92 Å². The van der Waals surface area contributed by atoms with Crippen LogP contribution < -0.4 is 10.2 Å². The molecule has 4 heteroatoms. The van der Waals surface area contributed by atoms with Crippen molar-refractivity contribution in [2.45, 2.75) is 33.2 Å². The van der Waals surface area contributed by atoms with Gasteiger partial charge in [0.2, 0.25) is 0 Å². The third kappa shape index (κ3) is 3.95. The number of likely N-dealkylation sites (N-methyl/N-ethyl adjacent to an activating group) is 1. The Morgan fingerprint density at radius 2 is 2.00 bits per heavy atom. The summed E-state index contributed by atoms with van der Waals surface area (Å²) in [5, 5.41) is 3.41. The molecule has 118 valence electrons. The second-order valence-electron chi connectivity index (χ2n) is 6.08. The van der Waals surface area contributed by atoms with Crippen molar-refractivity contribution in [3.63, 3.8) is 0 Å². The quantitative estimate of drug-likeness (QED) is 0.921. The first-order valence-electron chi connectivity index (χ1n) is 7.99. The predicted molar refractivity (Wildman–Crippen MR) is 87.6 cm³/mol. The van der Waals surface area contributed by atoms with Gasteiger partial charge in [0.1, 0.15) is 5.82 Å². The van der Waals surface area contributed by atoms with Gasteiger partial charge in [0.15, 0.2) is 0 Å². The first-order chi connectivity index (χ1) is 10.0. The molecule has 0 spiro atoms. The van der Waals surface area contributed by atoms with E-state index in [1.165, 1.54) is 5.69 Å². The van der Waals surface area contributed by atoms with Gasteiger partial charge in [-0.2, -0.15) is 0 Å². The maximum atomic E-state index is 14.0. The standard InChI is InChI=1S/C17H28FN3/c1-5-19-14(3)15-12-16(18)13(2)11-17(15)21-8-6-7-20(4)9-10-21/h11-12,14,19H,5-10H2,1-4H3. The van der Waals surface area contributed by atoms with Crippen LogP contribution in [0.2, 0.25) is 0 Å². The number of hydrogen-bond acceptors (Lipinski definition) is 3. The maximum Gasteiger partial charge on any atom is 0.126 e. The molecule has 1 unspecified atom stereocenters. The van der Waals surface area contributed by atoms with Crippen molar-refractivity contribution < 1.29 is 4.39 Å². The molecule has 1 aliphatic rings. The Hall–Kier alpha value is -1.13. The molecule has 1 aromatic carbocycles. The lowest BCUT2D eigenvalue weighted by atomic mass is 10.0. The number of anilines is 1. The van der Waals surface area contributed by atoms with Crippen molar-refractivity contribution in [3.8, 4) is 0 Å². The zero-order valence-electron chi connectivity index (χ0n) is 13.7. The Kier molecular flexibility index (Phi) is 5.59. The number of nitrogens with zero attached hydrogens (tertiary/aromatic N) is 2. The molecule has 1 atom stereocenters. The molecule has 0 radical (unpaired) electrons. The van der Waals surface area contributed by atoms with Gasteiger partial charge in [-0.25, -0.2) is 4.39 Å². The Balaban J connectivity index is 2.33. The summed E-state index contributed by atoms with van der Waals surface area (Å²) >= 11 is 0. The van der Waals surface area contributed by atoms with E-state index in [0.29, 0.717) is 0 Å². The summed E-state index contributed by atoms with van der Waals surface area (Å²) in [5.74, 6) is -0.106. The van der Waals surface area contributed by atoms with Gasteiger partial charge < -0.3 is 15.1 Å². The van der Waals surface area contributed by atoms with Gasteiger partial charge in [0.25, 0.3) is 0 Å². The SMILES string of the molecule is CCNC(C)c1cc(F)c(C)cc1N1CCCN(C)CC1. The van der Waals surface area contributed by atoms with Crippen molar-refractivity contribution in [3.05, 3.63) is 29.1 Å². The van der Waals surface area contributed by atoms with Crippen LogP contribution in [0.3, 0.4) is 0 Å². The zero-order chi connectivity index (χ0) is 15.4. The topological polar surface area (TPSA) is 18.5 Å². The van der Waals surface area contributed by atoms with Crippen molar-refractivity contribution in [1.29, 1.82) is 0 Å². The van der Waals surface area contributed by atoms with Crippen molar-refractivity contribution in [2.75, 3.05) is 44.7 Å². The molecule has 21 heavy (non-hydrogen) atoms. The van der Waals surface area contributed by atoms with Crippen LogP contribution in [-0.2, 0) is 0 Å². The number of hydrogen-bond donors (Lipinski definition) is 1. The normalized spacial score (nSPS) is 18.6. The number of halogens is 1. The molecule has 1 fully saturated rings. The van der Waals surface area contributed by atoms with Gasteiger partial charge in [-0.15, -0.1) is 0 Å². The van der Waals surface area contributed by atoms with Crippen molar-refractivity contribution in [2.24, 2.45) is 0 Å². The number of benzene rings is 1. The first-order valence-corrected chi connectivity index (χ1v) is 7.99. The molecule has 0 aliphatic carbocycles. The lowest BCUT2D eigenvalue weighted by Crippen LogP contribution is -2.31. The van der Waals surface area contributed by atoms with Gasteiger partial charge >= 0.3 is 0 Å². The van der Waals surface area contributed by atoms with Crippen LogP contribution in [0.5, 0.6) is 0 Å². The van der Waals surface area contributed by atoms with E-state index in [-0.39, 0.29) is 11.9 Å². The summed E-state index contributed by atoms with van der Waals surface area (Å²) in [4.78, 5) is 4.78. The average Bonchev–Trinajstić information content (AvgIpc) is 2.66. The number of aryl methyl sites for hydroxylation is 1. The third-order valence-corrected chi connectivity index (χ3v) is 4.34. The minimum atomic E-state index is -0.106. The largest absolute Gasteiger partial charge is 0.370 e. The Morgan fingerprint density at radius 1 is 1.24 bits per heavy atom. The minimum absolute atomic E-state index is 0.106. The van der Waals surface area contributed by atoms with E-state index in [1.807, 2.05) is 13.0 Å². The minimum Gasteiger partial charge on any atom is -0.370 e. The summed E-state index contributed by atoms with van der Waals surface area (Å²) in [6, 6.07) is 3.90. The molecule has 2 rings (SSSR count). The molecule has 0 saturated carbocycles. The summed E-state index contributed by atoms with van der Waals surface area (Å²) in [7, 11) is 2.17. The molecule has 1 aromatic rings. The molecule has 0 bridgehead atoms. The van der Waals surface area contributed by atoms with Crippen LogP contribution >= 0.6 is 0 Å². The fourth-order valence-electron chi connectivity index (χ4n) is 3.01.